The third kappa shape index (κ3) is 5.15. The van der Waals surface area contributed by atoms with Crippen LogP contribution in [0.15, 0.2) is 0 Å². The summed E-state index contributed by atoms with van der Waals surface area (Å²) in [5, 5.41) is 11.1. The van der Waals surface area contributed by atoms with Crippen LogP contribution in [0.3, 0.4) is 0 Å². The normalized spacial score (nSPS) is 49.3. The Bertz CT molecular complexity index is 1310. The van der Waals surface area contributed by atoms with Crippen LogP contribution >= 0.6 is 0 Å². The summed E-state index contributed by atoms with van der Waals surface area (Å²) in [6.07, 6.45) is 6.77. The maximum atomic E-state index is 13.0. The molecule has 2 saturated heterocycles. The highest BCUT2D eigenvalue weighted by atomic mass is 16.7. The molecule has 2 spiro atoms. The van der Waals surface area contributed by atoms with Crippen LogP contribution in [0, 0.1) is 50.7 Å². The van der Waals surface area contributed by atoms with Crippen molar-refractivity contribution in [1.29, 1.82) is 0 Å². The number of rotatable bonds is 7. The van der Waals surface area contributed by atoms with E-state index in [1.807, 2.05) is 0 Å². The van der Waals surface area contributed by atoms with Gasteiger partial charge in [-0.25, -0.2) is 0 Å². The summed E-state index contributed by atoms with van der Waals surface area (Å²) in [5.41, 5.74) is -1.08. The Labute approximate surface area is 294 Å². The standard InChI is InChI=1S/C40H65NO8/c1-11-41-18-19-45-30(21-41)49-29-14-15-39-22-40(39)17-16-37(9)31-23(2)20-26(33(36(7,8)44)46-24(3)42)48-32(31)34(47-25(4)43)38(37,10)28(40)13-12-27(39)35(29,5)6/h23,26-34,44H,11-22H2,1-10H3/t23-,26?,27+,28?,29+,30+,31+,32?,33+,34+,37-,38-,39-,40+/m1/s1. The van der Waals surface area contributed by atoms with Gasteiger partial charge in [0.2, 0.25) is 0 Å². The van der Waals surface area contributed by atoms with Gasteiger partial charge in [0, 0.05) is 32.4 Å². The topological polar surface area (TPSA) is 104 Å². The molecule has 9 nitrogen and oxygen atoms in total. The Morgan fingerprint density at radius 1 is 1.00 bits per heavy atom. The molecule has 0 aromatic rings. The van der Waals surface area contributed by atoms with E-state index in [-0.39, 0.29) is 63.4 Å². The second-order valence-electron chi connectivity index (χ2n) is 19.1. The number of hydrogen-bond donors (Lipinski definition) is 1. The van der Waals surface area contributed by atoms with Crippen molar-refractivity contribution in [3.63, 3.8) is 0 Å². The van der Waals surface area contributed by atoms with Gasteiger partial charge in [-0.15, -0.1) is 0 Å². The summed E-state index contributed by atoms with van der Waals surface area (Å²) in [4.78, 5) is 27.6. The molecule has 7 rings (SSSR count). The molecule has 7 fully saturated rings. The first-order valence-electron chi connectivity index (χ1n) is 19.6. The van der Waals surface area contributed by atoms with Crippen LogP contribution in [0.1, 0.15) is 121 Å². The van der Waals surface area contributed by atoms with E-state index in [1.54, 1.807) is 13.8 Å². The molecule has 14 atom stereocenters. The average Bonchev–Trinajstić information content (AvgIpc) is 3.64. The molecule has 0 radical (unpaired) electrons. The molecule has 7 aliphatic rings. The molecule has 0 amide bonds. The van der Waals surface area contributed by atoms with Crippen LogP contribution in [-0.4, -0.2) is 90.6 Å². The number of hydrogen-bond acceptors (Lipinski definition) is 9. The number of nitrogens with zero attached hydrogens (tertiary/aromatic N) is 1. The van der Waals surface area contributed by atoms with Crippen LogP contribution in [0.5, 0.6) is 0 Å². The Morgan fingerprint density at radius 2 is 1.69 bits per heavy atom. The maximum Gasteiger partial charge on any atom is 0.303 e. The number of carbonyl (C=O) groups is 2. The van der Waals surface area contributed by atoms with Gasteiger partial charge in [0.05, 0.1) is 30.5 Å². The number of aliphatic hydroxyl groups is 1. The molecule has 3 unspecified atom stereocenters. The Hall–Kier alpha value is -1.26. The lowest BCUT2D eigenvalue weighted by molar-refractivity contribution is -0.249. The lowest BCUT2D eigenvalue weighted by Gasteiger charge is -2.64. The quantitative estimate of drug-likeness (QED) is 0.317. The molecule has 0 bridgehead atoms. The van der Waals surface area contributed by atoms with Crippen molar-refractivity contribution in [1.82, 2.24) is 4.90 Å². The van der Waals surface area contributed by atoms with Gasteiger partial charge in [-0.2, -0.15) is 0 Å². The van der Waals surface area contributed by atoms with Crippen LogP contribution in [0.2, 0.25) is 0 Å². The molecule has 9 heteroatoms. The lowest BCUT2D eigenvalue weighted by atomic mass is 9.41. The summed E-state index contributed by atoms with van der Waals surface area (Å²) in [6, 6.07) is 0. The van der Waals surface area contributed by atoms with Crippen molar-refractivity contribution in [2.24, 2.45) is 50.7 Å². The molecular formula is C40H65NO8. The van der Waals surface area contributed by atoms with Crippen molar-refractivity contribution >= 4 is 11.9 Å². The van der Waals surface area contributed by atoms with E-state index in [4.69, 9.17) is 23.7 Å². The molecular weight excluding hydrogens is 622 g/mol. The number of esters is 2. The van der Waals surface area contributed by atoms with Crippen LogP contribution < -0.4 is 0 Å². The van der Waals surface area contributed by atoms with Gasteiger partial charge in [0.1, 0.15) is 6.10 Å². The SMILES string of the molecule is CCN1CCO[C@@H](O[C@H]2CC[C@]34C[C@]35CC[C@]3(C)[C@@H]6C(OC([C@H](OC(C)=O)C(C)(C)O)C[C@H]6C)[C@H](OC(C)=O)[C@@]3(C)C5CC[C@H]4C2(C)C)C1. The molecule has 5 saturated carbocycles. The first-order valence-corrected chi connectivity index (χ1v) is 19.6. The summed E-state index contributed by atoms with van der Waals surface area (Å²) in [5.74, 6) is 0.740. The Balaban J connectivity index is 1.19. The van der Waals surface area contributed by atoms with Crippen molar-refractivity contribution in [3.8, 4) is 0 Å². The van der Waals surface area contributed by atoms with Crippen molar-refractivity contribution in [3.05, 3.63) is 0 Å². The van der Waals surface area contributed by atoms with Gasteiger partial charge >= 0.3 is 11.9 Å². The third-order valence-electron chi connectivity index (χ3n) is 16.2. The monoisotopic (exact) mass is 687 g/mol. The molecule has 2 aliphatic heterocycles. The van der Waals surface area contributed by atoms with Crippen molar-refractivity contribution in [2.75, 3.05) is 26.2 Å². The summed E-state index contributed by atoms with van der Waals surface area (Å²) >= 11 is 0. The highest BCUT2D eigenvalue weighted by Gasteiger charge is 2.85. The first-order chi connectivity index (χ1) is 22.9. The average molecular weight is 688 g/mol. The summed E-state index contributed by atoms with van der Waals surface area (Å²) in [7, 11) is 0. The molecule has 1 N–H and O–H groups in total. The fourth-order valence-corrected chi connectivity index (χ4v) is 14.2. The minimum atomic E-state index is -1.28. The minimum Gasteiger partial charge on any atom is -0.459 e. The number of carbonyl (C=O) groups excluding carboxylic acids is 2. The Morgan fingerprint density at radius 3 is 2.35 bits per heavy atom. The van der Waals surface area contributed by atoms with Gasteiger partial charge in [-0.1, -0.05) is 41.5 Å². The van der Waals surface area contributed by atoms with Crippen LogP contribution in [0.4, 0.5) is 0 Å². The summed E-state index contributed by atoms with van der Waals surface area (Å²) in [6.45, 7) is 24.2. The molecule has 0 aromatic carbocycles. The van der Waals surface area contributed by atoms with E-state index in [9.17, 15) is 14.7 Å². The molecule has 278 valence electrons. The van der Waals surface area contributed by atoms with E-state index in [2.05, 4.69) is 46.4 Å². The predicted molar refractivity (Wildman–Crippen MR) is 184 cm³/mol. The number of likely N-dealkylation sites (N-methyl/N-ethyl adjacent to an activating group) is 1. The third-order valence-corrected chi connectivity index (χ3v) is 16.2. The second kappa shape index (κ2) is 11.9. The van der Waals surface area contributed by atoms with E-state index < -0.39 is 29.9 Å². The van der Waals surface area contributed by atoms with Gasteiger partial charge < -0.3 is 28.8 Å². The van der Waals surface area contributed by atoms with Crippen molar-refractivity contribution < 1.29 is 38.4 Å². The first kappa shape index (κ1) is 36.1. The fraction of sp³-hybridized carbons (Fsp3) is 0.950. The highest BCUT2D eigenvalue weighted by molar-refractivity contribution is 5.67. The van der Waals surface area contributed by atoms with Gasteiger partial charge in [-0.3, -0.25) is 14.5 Å². The zero-order chi connectivity index (χ0) is 35.5. The van der Waals surface area contributed by atoms with E-state index >= 15 is 0 Å². The molecule has 2 heterocycles. The Kier molecular flexibility index (Phi) is 8.75. The number of ether oxygens (including phenoxy) is 5. The van der Waals surface area contributed by atoms with E-state index in [0.29, 0.717) is 18.3 Å². The van der Waals surface area contributed by atoms with Crippen LogP contribution in [0.25, 0.3) is 0 Å². The van der Waals surface area contributed by atoms with Crippen LogP contribution in [-0.2, 0) is 33.3 Å². The van der Waals surface area contributed by atoms with Gasteiger partial charge in [0.15, 0.2) is 12.4 Å². The highest BCUT2D eigenvalue weighted by Crippen LogP contribution is 2.89. The fourth-order valence-electron chi connectivity index (χ4n) is 14.2. The largest absolute Gasteiger partial charge is 0.459 e. The van der Waals surface area contributed by atoms with E-state index in [1.165, 1.54) is 33.1 Å². The molecule has 49 heavy (non-hydrogen) atoms. The zero-order valence-corrected chi connectivity index (χ0v) is 32.0. The van der Waals surface area contributed by atoms with E-state index in [0.717, 1.165) is 51.9 Å². The van der Waals surface area contributed by atoms with Crippen molar-refractivity contribution in [2.45, 2.75) is 163 Å². The smallest absolute Gasteiger partial charge is 0.303 e. The number of fused-ring (bicyclic) bond motifs is 4. The molecule has 0 aromatic heterocycles. The predicted octanol–water partition coefficient (Wildman–Crippen LogP) is 6.14. The summed E-state index contributed by atoms with van der Waals surface area (Å²) < 4.78 is 32.3. The zero-order valence-electron chi connectivity index (χ0n) is 32.0. The maximum absolute atomic E-state index is 13.0. The minimum absolute atomic E-state index is 0.0405. The van der Waals surface area contributed by atoms with Gasteiger partial charge in [0.25, 0.3) is 0 Å². The second-order valence-corrected chi connectivity index (χ2v) is 19.1. The lowest BCUT2D eigenvalue weighted by Crippen LogP contribution is -2.60. The number of morpholine rings is 1. The van der Waals surface area contributed by atoms with Gasteiger partial charge in [-0.05, 0) is 117 Å². The molecule has 5 aliphatic carbocycles.